The number of imidazole rings is 1. The third-order valence-electron chi connectivity index (χ3n) is 3.53. The number of aryl methyl sites for hydroxylation is 1. The van der Waals surface area contributed by atoms with Crippen LogP contribution >= 0.6 is 15.9 Å². The first-order chi connectivity index (χ1) is 11.4. The van der Waals surface area contributed by atoms with Crippen LogP contribution in [-0.4, -0.2) is 29.6 Å². The van der Waals surface area contributed by atoms with Crippen LogP contribution in [-0.2, 0) is 25.4 Å². The topological polar surface area (TPSA) is 104 Å². The minimum Gasteiger partial charge on any atom is -0.315 e. The predicted molar refractivity (Wildman–Crippen MR) is 90.8 cm³/mol. The Morgan fingerprint density at radius 1 is 1.21 bits per heavy atom. The number of fused-ring (bicyclic) bond motifs is 1. The summed E-state index contributed by atoms with van der Waals surface area (Å²) in [6.45, 7) is -0.123. The molecule has 3 aromatic rings. The summed E-state index contributed by atoms with van der Waals surface area (Å²) in [6.07, 6.45) is 2.92. The van der Waals surface area contributed by atoms with E-state index >= 15 is 0 Å². The number of anilines is 1. The van der Waals surface area contributed by atoms with Crippen LogP contribution in [0, 0.1) is 0 Å². The molecule has 0 aliphatic rings. The fourth-order valence-electron chi connectivity index (χ4n) is 2.30. The molecule has 0 saturated carbocycles. The molecule has 0 aliphatic carbocycles. The highest BCUT2D eigenvalue weighted by atomic mass is 79.9. The lowest BCUT2D eigenvalue weighted by molar-refractivity contribution is -0.116. The van der Waals surface area contributed by atoms with Crippen LogP contribution in [0.4, 0.5) is 5.82 Å². The lowest BCUT2D eigenvalue weighted by Gasteiger charge is -2.07. The zero-order valence-corrected chi connectivity index (χ0v) is 14.4. The molecule has 0 saturated heterocycles. The molecule has 3 heterocycles. The second-order valence-corrected chi connectivity index (χ2v) is 6.08. The summed E-state index contributed by atoms with van der Waals surface area (Å²) in [7, 11) is 2.90. The van der Waals surface area contributed by atoms with Gasteiger partial charge in [0.1, 0.15) is 12.4 Å². The average Bonchev–Trinajstić information content (AvgIpc) is 2.96. The van der Waals surface area contributed by atoms with Gasteiger partial charge in [0.15, 0.2) is 11.2 Å². The maximum absolute atomic E-state index is 12.3. The van der Waals surface area contributed by atoms with Gasteiger partial charge in [0.2, 0.25) is 5.91 Å². The molecule has 0 aliphatic heterocycles. The number of amides is 1. The quantitative estimate of drug-likeness (QED) is 0.686. The molecular weight excluding hydrogens is 380 g/mol. The van der Waals surface area contributed by atoms with Gasteiger partial charge in [0.25, 0.3) is 5.56 Å². The van der Waals surface area contributed by atoms with Crippen molar-refractivity contribution in [1.29, 1.82) is 0 Å². The van der Waals surface area contributed by atoms with E-state index in [1.165, 1.54) is 29.6 Å². The molecule has 9 nitrogen and oxygen atoms in total. The van der Waals surface area contributed by atoms with E-state index in [1.54, 1.807) is 18.3 Å². The largest absolute Gasteiger partial charge is 0.332 e. The normalized spacial score (nSPS) is 11.0. The lowest BCUT2D eigenvalue weighted by Crippen LogP contribution is -2.37. The number of aromatic nitrogens is 5. The number of halogens is 1. The fraction of sp³-hybridized carbons (Fsp3) is 0.214. The first-order valence-electron chi connectivity index (χ1n) is 6.90. The molecule has 0 bridgehead atoms. The predicted octanol–water partition coefficient (Wildman–Crippen LogP) is 0.230. The van der Waals surface area contributed by atoms with Gasteiger partial charge in [0.05, 0.1) is 6.33 Å². The first-order valence-corrected chi connectivity index (χ1v) is 7.70. The van der Waals surface area contributed by atoms with Crippen molar-refractivity contribution in [3.63, 3.8) is 0 Å². The zero-order valence-electron chi connectivity index (χ0n) is 12.9. The molecule has 3 rings (SSSR count). The molecule has 0 atom stereocenters. The van der Waals surface area contributed by atoms with E-state index < -0.39 is 11.2 Å². The van der Waals surface area contributed by atoms with Crippen molar-refractivity contribution in [3.05, 3.63) is 50.0 Å². The number of carbonyl (C=O) groups is 1. The van der Waals surface area contributed by atoms with E-state index in [0.717, 1.165) is 9.04 Å². The highest BCUT2D eigenvalue weighted by Gasteiger charge is 2.16. The number of hydrogen-bond acceptors (Lipinski definition) is 5. The molecule has 0 spiro atoms. The Kier molecular flexibility index (Phi) is 4.06. The number of carbonyl (C=O) groups excluding carboxylic acids is 1. The molecule has 24 heavy (non-hydrogen) atoms. The average molecular weight is 393 g/mol. The third-order valence-corrected chi connectivity index (χ3v) is 4.00. The maximum Gasteiger partial charge on any atom is 0.332 e. The van der Waals surface area contributed by atoms with Crippen molar-refractivity contribution >= 4 is 38.8 Å². The van der Waals surface area contributed by atoms with Gasteiger partial charge in [-0.2, -0.15) is 0 Å². The summed E-state index contributed by atoms with van der Waals surface area (Å²) < 4.78 is 4.45. The lowest BCUT2D eigenvalue weighted by atomic mass is 10.4. The highest BCUT2D eigenvalue weighted by Crippen LogP contribution is 2.11. The zero-order chi connectivity index (χ0) is 17.4. The van der Waals surface area contributed by atoms with Gasteiger partial charge < -0.3 is 9.88 Å². The van der Waals surface area contributed by atoms with Crippen LogP contribution in [0.25, 0.3) is 11.2 Å². The van der Waals surface area contributed by atoms with Crippen LogP contribution in [0.5, 0.6) is 0 Å². The second-order valence-electron chi connectivity index (χ2n) is 5.16. The Labute approximate surface area is 143 Å². The van der Waals surface area contributed by atoms with Crippen LogP contribution in [0.3, 0.4) is 0 Å². The fourth-order valence-corrected chi connectivity index (χ4v) is 2.54. The molecule has 0 aromatic carbocycles. The first kappa shape index (κ1) is 16.1. The maximum atomic E-state index is 12.3. The number of nitrogens with one attached hydrogen (secondary N) is 1. The van der Waals surface area contributed by atoms with Crippen LogP contribution in [0.15, 0.2) is 38.7 Å². The van der Waals surface area contributed by atoms with Crippen molar-refractivity contribution in [2.45, 2.75) is 6.54 Å². The molecular formula is C14H13BrN6O3. The van der Waals surface area contributed by atoms with Gasteiger partial charge in [-0.1, -0.05) is 0 Å². The number of pyridine rings is 1. The number of hydrogen-bond donors (Lipinski definition) is 1. The molecule has 124 valence electrons. The second kappa shape index (κ2) is 6.04. The molecule has 1 amide bonds. The van der Waals surface area contributed by atoms with E-state index in [-0.39, 0.29) is 23.6 Å². The van der Waals surface area contributed by atoms with Crippen molar-refractivity contribution < 1.29 is 4.79 Å². The third kappa shape index (κ3) is 2.75. The molecule has 0 unspecified atom stereocenters. The number of nitrogens with zero attached hydrogens (tertiary/aromatic N) is 5. The summed E-state index contributed by atoms with van der Waals surface area (Å²) in [6, 6.07) is 3.40. The van der Waals surface area contributed by atoms with Crippen LogP contribution in [0.1, 0.15) is 0 Å². The van der Waals surface area contributed by atoms with Gasteiger partial charge in [-0.3, -0.25) is 18.7 Å². The van der Waals surface area contributed by atoms with Crippen molar-refractivity contribution in [2.24, 2.45) is 14.1 Å². The van der Waals surface area contributed by atoms with Gasteiger partial charge in [-0.05, 0) is 28.1 Å². The summed E-state index contributed by atoms with van der Waals surface area (Å²) in [5.74, 6) is 0.0351. The Morgan fingerprint density at radius 3 is 2.62 bits per heavy atom. The summed E-state index contributed by atoms with van der Waals surface area (Å²) in [5.41, 5.74) is -0.544. The Bertz CT molecular complexity index is 1050. The highest BCUT2D eigenvalue weighted by molar-refractivity contribution is 9.10. The van der Waals surface area contributed by atoms with Crippen LogP contribution < -0.4 is 16.6 Å². The van der Waals surface area contributed by atoms with Gasteiger partial charge >= 0.3 is 5.69 Å². The molecule has 3 aromatic heterocycles. The smallest absolute Gasteiger partial charge is 0.315 e. The van der Waals surface area contributed by atoms with Gasteiger partial charge in [0, 0.05) is 24.8 Å². The summed E-state index contributed by atoms with van der Waals surface area (Å²) in [5, 5.41) is 2.64. The van der Waals surface area contributed by atoms with E-state index in [9.17, 15) is 14.4 Å². The Morgan fingerprint density at radius 2 is 1.96 bits per heavy atom. The van der Waals surface area contributed by atoms with Gasteiger partial charge in [-0.15, -0.1) is 0 Å². The van der Waals surface area contributed by atoms with E-state index in [0.29, 0.717) is 5.82 Å². The van der Waals surface area contributed by atoms with Crippen molar-refractivity contribution in [2.75, 3.05) is 5.32 Å². The minimum atomic E-state index is -0.500. The number of rotatable bonds is 3. The molecule has 0 radical (unpaired) electrons. The van der Waals surface area contributed by atoms with E-state index in [4.69, 9.17) is 0 Å². The van der Waals surface area contributed by atoms with E-state index in [1.807, 2.05) is 0 Å². The van der Waals surface area contributed by atoms with Crippen molar-refractivity contribution in [1.82, 2.24) is 23.7 Å². The molecule has 0 fully saturated rings. The van der Waals surface area contributed by atoms with Gasteiger partial charge in [-0.25, -0.2) is 14.8 Å². The summed E-state index contributed by atoms with van der Waals surface area (Å²) >= 11 is 3.26. The molecule has 1 N–H and O–H groups in total. The SMILES string of the molecule is Cn1c(=O)c2c(ncn2CC(=O)Nc2ccc(Br)cn2)n(C)c1=O. The standard InChI is InChI=1S/C14H13BrN6O3/c1-19-12-11(13(23)20(2)14(19)24)21(7-17-12)6-10(22)18-9-4-3-8(15)5-16-9/h3-5,7H,6H2,1-2H3,(H,16,18,22). The van der Waals surface area contributed by atoms with Crippen LogP contribution in [0.2, 0.25) is 0 Å². The Balaban J connectivity index is 1.93. The van der Waals surface area contributed by atoms with E-state index in [2.05, 4.69) is 31.2 Å². The summed E-state index contributed by atoms with van der Waals surface area (Å²) in [4.78, 5) is 44.5. The Hall–Kier alpha value is -2.75. The molecule has 10 heteroatoms. The van der Waals surface area contributed by atoms with Crippen molar-refractivity contribution in [3.8, 4) is 0 Å². The monoisotopic (exact) mass is 392 g/mol. The minimum absolute atomic E-state index is 0.123.